The van der Waals surface area contributed by atoms with Crippen LogP contribution in [0.2, 0.25) is 5.02 Å². The number of hydrogen-bond donors (Lipinski definition) is 2. The van der Waals surface area contributed by atoms with E-state index in [2.05, 4.69) is 4.72 Å². The first kappa shape index (κ1) is 21.9. The number of hydrogen-bond acceptors (Lipinski definition) is 5. The predicted molar refractivity (Wildman–Crippen MR) is 122 cm³/mol. The first-order valence-electron chi connectivity index (χ1n) is 8.62. The molecule has 156 valence electrons. The van der Waals surface area contributed by atoms with Gasteiger partial charge in [-0.15, -0.1) is 11.3 Å². The molecule has 0 radical (unpaired) electrons. The number of thiophene rings is 1. The van der Waals surface area contributed by atoms with Crippen LogP contribution < -0.4 is 9.46 Å². The molecule has 2 aromatic carbocycles. The normalized spacial score (nSPS) is 11.6. The summed E-state index contributed by atoms with van der Waals surface area (Å²) in [7, 11) is -1.83. The molecule has 0 bridgehead atoms. The highest BCUT2D eigenvalue weighted by molar-refractivity contribution is 7.92. The molecule has 1 aromatic heterocycles. The highest BCUT2D eigenvalue weighted by Crippen LogP contribution is 2.44. The smallest absolute Gasteiger partial charge is 0.328 e. The van der Waals surface area contributed by atoms with Crippen LogP contribution in [0, 0.1) is 0 Å². The predicted octanol–water partition coefficient (Wildman–Crippen LogP) is 5.21. The molecule has 2 N–H and O–H groups in total. The van der Waals surface area contributed by atoms with Crippen molar-refractivity contribution in [2.75, 3.05) is 18.1 Å². The van der Waals surface area contributed by atoms with Crippen molar-refractivity contribution in [1.29, 1.82) is 0 Å². The number of rotatable bonds is 7. The summed E-state index contributed by atoms with van der Waals surface area (Å²) in [5.74, 6) is -0.460. The number of nitrogens with one attached hydrogen (secondary N) is 1. The molecular formula is C21H18ClNO5S2. The van der Waals surface area contributed by atoms with Crippen LogP contribution >= 0.6 is 22.9 Å². The van der Waals surface area contributed by atoms with Gasteiger partial charge in [-0.2, -0.15) is 0 Å². The van der Waals surface area contributed by atoms with Gasteiger partial charge in [-0.05, 0) is 47.4 Å². The van der Waals surface area contributed by atoms with Gasteiger partial charge in [-0.1, -0.05) is 23.7 Å². The fourth-order valence-corrected chi connectivity index (χ4v) is 4.65. The Balaban J connectivity index is 2.16. The first-order chi connectivity index (χ1) is 14.2. The van der Waals surface area contributed by atoms with E-state index in [4.69, 9.17) is 21.4 Å². The van der Waals surface area contributed by atoms with Crippen LogP contribution in [-0.4, -0.2) is 32.9 Å². The number of anilines is 1. The maximum Gasteiger partial charge on any atom is 0.328 e. The first-order valence-corrected chi connectivity index (χ1v) is 11.8. The van der Waals surface area contributed by atoms with Crippen LogP contribution in [0.1, 0.15) is 4.88 Å². The van der Waals surface area contributed by atoms with E-state index in [-0.39, 0.29) is 0 Å². The van der Waals surface area contributed by atoms with E-state index < -0.39 is 16.0 Å². The quantitative estimate of drug-likeness (QED) is 0.469. The molecule has 0 saturated carbocycles. The molecular weight excluding hydrogens is 446 g/mol. The molecule has 9 heteroatoms. The largest absolute Gasteiger partial charge is 0.496 e. The second-order valence-electron chi connectivity index (χ2n) is 6.36. The van der Waals surface area contributed by atoms with Crippen molar-refractivity contribution in [3.05, 3.63) is 63.8 Å². The number of carboxylic acid groups (broad SMARTS) is 1. The summed E-state index contributed by atoms with van der Waals surface area (Å²) in [6, 6.07) is 12.2. The number of carbonyl (C=O) groups is 1. The van der Waals surface area contributed by atoms with Crippen molar-refractivity contribution in [1.82, 2.24) is 0 Å². The third kappa shape index (κ3) is 5.21. The summed E-state index contributed by atoms with van der Waals surface area (Å²) >= 11 is 7.49. The van der Waals surface area contributed by atoms with Crippen LogP contribution in [-0.2, 0) is 14.8 Å². The Morgan fingerprint density at radius 2 is 1.87 bits per heavy atom. The van der Waals surface area contributed by atoms with Crippen molar-refractivity contribution in [3.63, 3.8) is 0 Å². The van der Waals surface area contributed by atoms with Crippen LogP contribution in [0.4, 0.5) is 5.69 Å². The molecule has 0 aliphatic heterocycles. The van der Waals surface area contributed by atoms with Crippen molar-refractivity contribution in [3.8, 4) is 28.0 Å². The van der Waals surface area contributed by atoms with E-state index in [1.807, 2.05) is 11.4 Å². The lowest BCUT2D eigenvalue weighted by molar-refractivity contribution is -0.131. The fourth-order valence-electron chi connectivity index (χ4n) is 2.95. The molecule has 0 spiro atoms. The highest BCUT2D eigenvalue weighted by atomic mass is 35.5. The minimum Gasteiger partial charge on any atom is -0.496 e. The Morgan fingerprint density at radius 3 is 2.47 bits per heavy atom. The van der Waals surface area contributed by atoms with Gasteiger partial charge in [0.25, 0.3) is 0 Å². The molecule has 1 heterocycles. The lowest BCUT2D eigenvalue weighted by Gasteiger charge is -2.12. The average molecular weight is 464 g/mol. The number of carboxylic acids is 1. The maximum absolute atomic E-state index is 11.5. The van der Waals surface area contributed by atoms with Gasteiger partial charge in [-0.3, -0.25) is 4.72 Å². The molecule has 30 heavy (non-hydrogen) atoms. The fraction of sp³-hybridized carbons (Fsp3) is 0.0952. The highest BCUT2D eigenvalue weighted by Gasteiger charge is 2.18. The molecule has 0 unspecified atom stereocenters. The van der Waals surface area contributed by atoms with Gasteiger partial charge >= 0.3 is 5.97 Å². The molecule has 3 aromatic rings. The number of ether oxygens (including phenoxy) is 1. The lowest BCUT2D eigenvalue weighted by atomic mass is 9.96. The summed E-state index contributed by atoms with van der Waals surface area (Å²) in [5, 5.41) is 11.5. The number of benzene rings is 2. The molecule has 0 amide bonds. The second kappa shape index (κ2) is 8.91. The zero-order valence-corrected chi connectivity index (χ0v) is 18.4. The zero-order chi connectivity index (χ0) is 21.9. The minimum absolute atomic E-state index is 0.435. The topological polar surface area (TPSA) is 92.7 Å². The Labute approximate surface area is 183 Å². The summed E-state index contributed by atoms with van der Waals surface area (Å²) in [6.07, 6.45) is 3.70. The maximum atomic E-state index is 11.5. The molecule has 3 rings (SSSR count). The Hall–Kier alpha value is -2.81. The number of halogens is 1. The SMILES string of the molecule is COc1cc(Cl)ccc1-c1csc(C=CC(=O)O)c1-c1ccc(NS(C)(=O)=O)cc1. The molecule has 0 aliphatic carbocycles. The second-order valence-corrected chi connectivity index (χ2v) is 9.45. The molecule has 0 aliphatic rings. The Morgan fingerprint density at radius 1 is 1.17 bits per heavy atom. The average Bonchev–Trinajstić information content (AvgIpc) is 3.09. The molecule has 0 saturated heterocycles. The molecule has 6 nitrogen and oxygen atoms in total. The van der Waals surface area contributed by atoms with Gasteiger partial charge in [0.15, 0.2) is 0 Å². The third-order valence-corrected chi connectivity index (χ3v) is 5.92. The standard InChI is InChI=1S/C21H18ClNO5S2/c1-28-18-11-14(22)5-8-16(18)17-12-29-19(9-10-20(24)25)21(17)13-3-6-15(7-4-13)23-30(2,26)27/h3-12,23H,1-2H3,(H,24,25). The summed E-state index contributed by atoms with van der Waals surface area (Å²) in [5.41, 5.74) is 3.70. The third-order valence-electron chi connectivity index (χ3n) is 4.13. The van der Waals surface area contributed by atoms with Gasteiger partial charge in [0.1, 0.15) is 5.75 Å². The minimum atomic E-state index is -3.39. The van der Waals surface area contributed by atoms with Crippen LogP contribution in [0.3, 0.4) is 0 Å². The van der Waals surface area contributed by atoms with Gasteiger partial charge in [0.2, 0.25) is 10.0 Å². The van der Waals surface area contributed by atoms with E-state index >= 15 is 0 Å². The Kier molecular flexibility index (Phi) is 6.50. The molecule has 0 fully saturated rings. The van der Waals surface area contributed by atoms with Crippen molar-refractivity contribution >= 4 is 50.7 Å². The Bertz CT molecular complexity index is 1210. The summed E-state index contributed by atoms with van der Waals surface area (Å²) in [4.78, 5) is 11.8. The number of methoxy groups -OCH3 is 1. The number of aliphatic carboxylic acids is 1. The van der Waals surface area contributed by atoms with Crippen LogP contribution in [0.25, 0.3) is 28.3 Å². The lowest BCUT2D eigenvalue weighted by Crippen LogP contribution is -2.09. The van der Waals surface area contributed by atoms with Gasteiger partial charge in [0.05, 0.1) is 13.4 Å². The van der Waals surface area contributed by atoms with E-state index in [1.54, 1.807) is 43.5 Å². The van der Waals surface area contributed by atoms with E-state index in [1.165, 1.54) is 17.4 Å². The summed E-state index contributed by atoms with van der Waals surface area (Å²) < 4.78 is 30.8. The van der Waals surface area contributed by atoms with Crippen LogP contribution in [0.15, 0.2) is 53.9 Å². The van der Waals surface area contributed by atoms with Gasteiger partial charge in [0, 0.05) is 38.4 Å². The van der Waals surface area contributed by atoms with Crippen LogP contribution in [0.5, 0.6) is 5.75 Å². The van der Waals surface area contributed by atoms with Crippen molar-refractivity contribution in [2.45, 2.75) is 0 Å². The zero-order valence-electron chi connectivity index (χ0n) is 16.0. The van der Waals surface area contributed by atoms with E-state index in [0.717, 1.165) is 39.5 Å². The van der Waals surface area contributed by atoms with Crippen molar-refractivity contribution in [2.24, 2.45) is 0 Å². The monoisotopic (exact) mass is 463 g/mol. The summed E-state index contributed by atoms with van der Waals surface area (Å²) in [6.45, 7) is 0. The van der Waals surface area contributed by atoms with Gasteiger partial charge in [-0.25, -0.2) is 13.2 Å². The molecule has 0 atom stereocenters. The number of sulfonamides is 1. The van der Waals surface area contributed by atoms with Gasteiger partial charge < -0.3 is 9.84 Å². The van der Waals surface area contributed by atoms with E-state index in [0.29, 0.717) is 16.5 Å². The van der Waals surface area contributed by atoms with E-state index in [9.17, 15) is 13.2 Å². The van der Waals surface area contributed by atoms with Crippen molar-refractivity contribution < 1.29 is 23.1 Å².